The van der Waals surface area contributed by atoms with Crippen LogP contribution in [0.3, 0.4) is 0 Å². The van der Waals surface area contributed by atoms with Crippen molar-refractivity contribution in [2.75, 3.05) is 13.7 Å². The summed E-state index contributed by atoms with van der Waals surface area (Å²) in [6.45, 7) is 1.56. The number of halogens is 1. The van der Waals surface area contributed by atoms with Gasteiger partial charge in [0.2, 0.25) is 0 Å². The molecular weight excluding hydrogens is 290 g/mol. The first-order chi connectivity index (χ1) is 9.69. The molecule has 0 saturated heterocycles. The Morgan fingerprint density at radius 2 is 2.00 bits per heavy atom. The molecule has 0 bridgehead atoms. The number of hydrogen-bond acceptors (Lipinski definition) is 3. The predicted molar refractivity (Wildman–Crippen MR) is 84.9 cm³/mol. The molecule has 0 saturated carbocycles. The maximum absolute atomic E-state index is 8.80. The molecule has 0 unspecified atom stereocenters. The quantitative estimate of drug-likeness (QED) is 0.875. The smallest absolute Gasteiger partial charge is 0.104 e. The SMILES string of the molecule is CN(Cc1ccc(Cl)s1)Cc1ccccc1C#CCO. The number of nitrogens with zero attached hydrogens (tertiary/aromatic N) is 1. The van der Waals surface area contributed by atoms with Crippen LogP contribution < -0.4 is 0 Å². The van der Waals surface area contributed by atoms with E-state index in [1.54, 1.807) is 11.3 Å². The van der Waals surface area contributed by atoms with E-state index >= 15 is 0 Å². The van der Waals surface area contributed by atoms with Gasteiger partial charge in [0, 0.05) is 23.5 Å². The van der Waals surface area contributed by atoms with Gasteiger partial charge in [-0.3, -0.25) is 4.90 Å². The number of aliphatic hydroxyl groups is 1. The lowest BCUT2D eigenvalue weighted by Gasteiger charge is -2.16. The van der Waals surface area contributed by atoms with Crippen molar-refractivity contribution in [3.63, 3.8) is 0 Å². The zero-order valence-corrected chi connectivity index (χ0v) is 12.8. The molecule has 1 aromatic carbocycles. The van der Waals surface area contributed by atoms with Crippen LogP contribution in [-0.2, 0) is 13.1 Å². The minimum absolute atomic E-state index is 0.113. The summed E-state index contributed by atoms with van der Waals surface area (Å²) in [5.41, 5.74) is 2.14. The standard InChI is InChI=1S/C16H16ClNOS/c1-18(12-15-8-9-16(17)20-15)11-14-6-3-2-5-13(14)7-4-10-19/h2-3,5-6,8-9,19H,10-12H2,1H3. The van der Waals surface area contributed by atoms with Gasteiger partial charge in [0.05, 0.1) is 4.34 Å². The Bertz CT molecular complexity index is 627. The highest BCUT2D eigenvalue weighted by Crippen LogP contribution is 2.23. The lowest BCUT2D eigenvalue weighted by atomic mass is 10.1. The fourth-order valence-electron chi connectivity index (χ4n) is 1.96. The third-order valence-corrected chi connectivity index (χ3v) is 4.03. The summed E-state index contributed by atoms with van der Waals surface area (Å²) in [5, 5.41) is 8.80. The molecule has 1 heterocycles. The summed E-state index contributed by atoms with van der Waals surface area (Å²) in [4.78, 5) is 3.47. The van der Waals surface area contributed by atoms with Gasteiger partial charge in [-0.05, 0) is 30.8 Å². The number of thiophene rings is 1. The van der Waals surface area contributed by atoms with Gasteiger partial charge >= 0.3 is 0 Å². The molecule has 0 radical (unpaired) electrons. The summed E-state index contributed by atoms with van der Waals surface area (Å²) < 4.78 is 0.822. The first-order valence-corrected chi connectivity index (χ1v) is 7.49. The number of aliphatic hydroxyl groups excluding tert-OH is 1. The molecule has 1 N–H and O–H groups in total. The number of benzene rings is 1. The summed E-state index contributed by atoms with van der Waals surface area (Å²) in [6, 6.07) is 12.0. The fourth-order valence-corrected chi connectivity index (χ4v) is 3.13. The average Bonchev–Trinajstić information content (AvgIpc) is 2.83. The van der Waals surface area contributed by atoms with Gasteiger partial charge in [-0.1, -0.05) is 41.6 Å². The Morgan fingerprint density at radius 3 is 2.70 bits per heavy atom. The van der Waals surface area contributed by atoms with E-state index in [4.69, 9.17) is 16.7 Å². The Hall–Kier alpha value is -1.31. The molecule has 0 aliphatic rings. The summed E-state index contributed by atoms with van der Waals surface area (Å²) >= 11 is 7.55. The highest BCUT2D eigenvalue weighted by atomic mass is 35.5. The second-order valence-corrected chi connectivity index (χ2v) is 6.29. The first-order valence-electron chi connectivity index (χ1n) is 6.29. The lowest BCUT2D eigenvalue weighted by Crippen LogP contribution is -2.17. The molecule has 0 aliphatic carbocycles. The second-order valence-electron chi connectivity index (χ2n) is 4.50. The number of rotatable bonds is 4. The van der Waals surface area contributed by atoms with Crippen LogP contribution in [-0.4, -0.2) is 23.7 Å². The van der Waals surface area contributed by atoms with E-state index in [2.05, 4.69) is 35.9 Å². The van der Waals surface area contributed by atoms with Crippen molar-refractivity contribution >= 4 is 22.9 Å². The molecule has 2 nitrogen and oxygen atoms in total. The molecule has 104 valence electrons. The van der Waals surface area contributed by atoms with Gasteiger partial charge in [-0.25, -0.2) is 0 Å². The first kappa shape index (κ1) is 15.1. The Labute approximate surface area is 128 Å². The summed E-state index contributed by atoms with van der Waals surface area (Å²) in [7, 11) is 2.07. The van der Waals surface area contributed by atoms with E-state index in [-0.39, 0.29) is 6.61 Å². The van der Waals surface area contributed by atoms with Crippen LogP contribution in [0.5, 0.6) is 0 Å². The molecular formula is C16H16ClNOS. The zero-order chi connectivity index (χ0) is 14.4. The maximum Gasteiger partial charge on any atom is 0.104 e. The Balaban J connectivity index is 2.05. The van der Waals surface area contributed by atoms with Crippen molar-refractivity contribution in [2.45, 2.75) is 13.1 Å². The second kappa shape index (κ2) is 7.47. The average molecular weight is 306 g/mol. The maximum atomic E-state index is 8.80. The van der Waals surface area contributed by atoms with Crippen molar-refractivity contribution < 1.29 is 5.11 Å². The van der Waals surface area contributed by atoms with Gasteiger partial charge in [-0.2, -0.15) is 0 Å². The van der Waals surface area contributed by atoms with E-state index in [9.17, 15) is 0 Å². The van der Waals surface area contributed by atoms with Crippen LogP contribution >= 0.6 is 22.9 Å². The van der Waals surface area contributed by atoms with Gasteiger partial charge in [-0.15, -0.1) is 11.3 Å². The molecule has 0 spiro atoms. The monoisotopic (exact) mass is 305 g/mol. The third-order valence-electron chi connectivity index (χ3n) is 2.81. The topological polar surface area (TPSA) is 23.5 Å². The minimum atomic E-state index is -0.113. The fraction of sp³-hybridized carbons (Fsp3) is 0.250. The van der Waals surface area contributed by atoms with Crippen molar-refractivity contribution in [3.8, 4) is 11.8 Å². The third kappa shape index (κ3) is 4.36. The largest absolute Gasteiger partial charge is 0.384 e. The molecule has 0 atom stereocenters. The van der Waals surface area contributed by atoms with Crippen molar-refractivity contribution in [1.82, 2.24) is 4.90 Å². The van der Waals surface area contributed by atoms with E-state index in [0.29, 0.717) is 0 Å². The number of hydrogen-bond donors (Lipinski definition) is 1. The lowest BCUT2D eigenvalue weighted by molar-refractivity contribution is 0.322. The van der Waals surface area contributed by atoms with Gasteiger partial charge in [0.25, 0.3) is 0 Å². The van der Waals surface area contributed by atoms with Gasteiger partial charge < -0.3 is 5.11 Å². The molecule has 0 amide bonds. The van der Waals surface area contributed by atoms with Crippen LogP contribution in [0.25, 0.3) is 0 Å². The molecule has 1 aromatic heterocycles. The van der Waals surface area contributed by atoms with Crippen LogP contribution in [0.1, 0.15) is 16.0 Å². The highest BCUT2D eigenvalue weighted by molar-refractivity contribution is 7.16. The van der Waals surface area contributed by atoms with Crippen molar-refractivity contribution in [2.24, 2.45) is 0 Å². The molecule has 2 rings (SSSR count). The Morgan fingerprint density at radius 1 is 1.20 bits per heavy atom. The highest BCUT2D eigenvalue weighted by Gasteiger charge is 2.06. The molecule has 20 heavy (non-hydrogen) atoms. The van der Waals surface area contributed by atoms with E-state index in [1.165, 1.54) is 10.4 Å². The normalized spacial score (nSPS) is 10.4. The molecule has 0 fully saturated rings. The molecule has 2 aromatic rings. The van der Waals surface area contributed by atoms with E-state index in [0.717, 1.165) is 23.0 Å². The van der Waals surface area contributed by atoms with Crippen LogP contribution in [0.4, 0.5) is 0 Å². The summed E-state index contributed by atoms with van der Waals surface area (Å²) in [5.74, 6) is 5.69. The van der Waals surface area contributed by atoms with E-state index < -0.39 is 0 Å². The predicted octanol–water partition coefficient (Wildman–Crippen LogP) is 3.38. The molecule has 4 heteroatoms. The van der Waals surface area contributed by atoms with Gasteiger partial charge in [0.15, 0.2) is 0 Å². The minimum Gasteiger partial charge on any atom is -0.384 e. The zero-order valence-electron chi connectivity index (χ0n) is 11.3. The van der Waals surface area contributed by atoms with Crippen LogP contribution in [0.15, 0.2) is 36.4 Å². The van der Waals surface area contributed by atoms with Crippen molar-refractivity contribution in [1.29, 1.82) is 0 Å². The van der Waals surface area contributed by atoms with Crippen LogP contribution in [0, 0.1) is 11.8 Å². The van der Waals surface area contributed by atoms with E-state index in [1.807, 2.05) is 24.3 Å². The van der Waals surface area contributed by atoms with Crippen molar-refractivity contribution in [3.05, 3.63) is 56.7 Å². The Kier molecular flexibility index (Phi) is 5.63. The van der Waals surface area contributed by atoms with Gasteiger partial charge in [0.1, 0.15) is 6.61 Å². The van der Waals surface area contributed by atoms with Crippen LogP contribution in [0.2, 0.25) is 4.34 Å². The molecule has 0 aliphatic heterocycles. The summed E-state index contributed by atoms with van der Waals surface area (Å²) in [6.07, 6.45) is 0.